The number of hydrogen-bond acceptors (Lipinski definition) is 3. The number of carbonyl (C=O) groups is 1. The average molecular weight is 371 g/mol. The standard InChI is InChI=1S/C24H25N3O/c1-18-6-2-7-19(14-18)15-22-10-3-11-23(26-22)21-9-5-13-27(17-21)24(28)20-8-4-12-25-16-20/h2-4,6-8,10-12,14,16,21H,5,9,13,15,17H2,1H3/t21-/m0/s1. The van der Waals surface area contributed by atoms with Crippen molar-refractivity contribution in [3.8, 4) is 0 Å². The van der Waals surface area contributed by atoms with Gasteiger partial charge < -0.3 is 4.90 Å². The Labute approximate surface area is 166 Å². The normalized spacial score (nSPS) is 16.8. The number of nitrogens with zero attached hydrogens (tertiary/aromatic N) is 3. The maximum Gasteiger partial charge on any atom is 0.255 e. The molecule has 3 heterocycles. The highest BCUT2D eigenvalue weighted by Crippen LogP contribution is 2.27. The van der Waals surface area contributed by atoms with Gasteiger partial charge in [0.15, 0.2) is 0 Å². The second-order valence-corrected chi connectivity index (χ2v) is 7.55. The molecule has 1 aromatic carbocycles. The van der Waals surface area contributed by atoms with Crippen molar-refractivity contribution in [2.24, 2.45) is 0 Å². The van der Waals surface area contributed by atoms with Crippen molar-refractivity contribution < 1.29 is 4.79 Å². The highest BCUT2D eigenvalue weighted by molar-refractivity contribution is 5.94. The number of benzene rings is 1. The topological polar surface area (TPSA) is 46.1 Å². The van der Waals surface area contributed by atoms with Gasteiger partial charge in [-0.05, 0) is 49.6 Å². The maximum absolute atomic E-state index is 12.8. The van der Waals surface area contributed by atoms with Crippen LogP contribution in [-0.4, -0.2) is 33.9 Å². The molecule has 1 amide bonds. The molecule has 1 aliphatic heterocycles. The van der Waals surface area contributed by atoms with Gasteiger partial charge in [-0.3, -0.25) is 14.8 Å². The summed E-state index contributed by atoms with van der Waals surface area (Å²) in [6.45, 7) is 3.63. The fraction of sp³-hybridized carbons (Fsp3) is 0.292. The van der Waals surface area contributed by atoms with Crippen molar-refractivity contribution in [2.75, 3.05) is 13.1 Å². The number of hydrogen-bond donors (Lipinski definition) is 0. The predicted octanol–water partition coefficient (Wildman–Crippen LogP) is 4.40. The van der Waals surface area contributed by atoms with Gasteiger partial charge in [0.1, 0.15) is 0 Å². The lowest BCUT2D eigenvalue weighted by molar-refractivity contribution is 0.0705. The number of carbonyl (C=O) groups excluding carboxylic acids is 1. The Morgan fingerprint density at radius 2 is 2.04 bits per heavy atom. The zero-order chi connectivity index (χ0) is 19.3. The molecule has 0 aliphatic carbocycles. The molecular formula is C24H25N3O. The monoisotopic (exact) mass is 371 g/mol. The molecule has 0 spiro atoms. The Hall–Kier alpha value is -3.01. The van der Waals surface area contributed by atoms with Crippen LogP contribution in [0.3, 0.4) is 0 Å². The second-order valence-electron chi connectivity index (χ2n) is 7.55. The van der Waals surface area contributed by atoms with Crippen molar-refractivity contribution in [1.82, 2.24) is 14.9 Å². The van der Waals surface area contributed by atoms with Gasteiger partial charge in [0, 0.05) is 49.2 Å². The average Bonchev–Trinajstić information content (AvgIpc) is 2.74. The van der Waals surface area contributed by atoms with Crippen molar-refractivity contribution in [1.29, 1.82) is 0 Å². The summed E-state index contributed by atoms with van der Waals surface area (Å²) in [5.41, 5.74) is 5.38. The molecule has 1 saturated heterocycles. The van der Waals surface area contributed by atoms with E-state index in [1.165, 1.54) is 11.1 Å². The van der Waals surface area contributed by atoms with Gasteiger partial charge in [-0.15, -0.1) is 0 Å². The largest absolute Gasteiger partial charge is 0.338 e. The number of aryl methyl sites for hydroxylation is 1. The number of amides is 1. The number of pyridine rings is 2. The minimum absolute atomic E-state index is 0.0636. The molecule has 1 fully saturated rings. The first-order valence-corrected chi connectivity index (χ1v) is 9.90. The van der Waals surface area contributed by atoms with Crippen molar-refractivity contribution in [2.45, 2.75) is 32.1 Å². The summed E-state index contributed by atoms with van der Waals surface area (Å²) in [5.74, 6) is 0.348. The van der Waals surface area contributed by atoms with Crippen molar-refractivity contribution >= 4 is 5.91 Å². The molecular weight excluding hydrogens is 346 g/mol. The predicted molar refractivity (Wildman–Crippen MR) is 110 cm³/mol. The zero-order valence-electron chi connectivity index (χ0n) is 16.2. The molecule has 4 nitrogen and oxygen atoms in total. The first kappa shape index (κ1) is 18.4. The van der Waals surface area contributed by atoms with E-state index in [1.807, 2.05) is 17.0 Å². The van der Waals surface area contributed by atoms with Crippen LogP contribution in [0.1, 0.15) is 51.6 Å². The van der Waals surface area contributed by atoms with E-state index in [1.54, 1.807) is 12.4 Å². The van der Waals surface area contributed by atoms with E-state index >= 15 is 0 Å². The van der Waals surface area contributed by atoms with E-state index in [4.69, 9.17) is 4.98 Å². The molecule has 2 aromatic heterocycles. The summed E-state index contributed by atoms with van der Waals surface area (Å²) in [6.07, 6.45) is 6.24. The molecule has 0 unspecified atom stereocenters. The molecule has 3 aromatic rings. The Morgan fingerprint density at radius 1 is 1.14 bits per heavy atom. The summed E-state index contributed by atoms with van der Waals surface area (Å²) in [5, 5.41) is 0. The smallest absolute Gasteiger partial charge is 0.255 e. The molecule has 1 atom stereocenters. The zero-order valence-corrected chi connectivity index (χ0v) is 16.2. The summed E-state index contributed by atoms with van der Waals surface area (Å²) >= 11 is 0. The van der Waals surface area contributed by atoms with Crippen LogP contribution in [0, 0.1) is 6.92 Å². The summed E-state index contributed by atoms with van der Waals surface area (Å²) < 4.78 is 0. The first-order valence-electron chi connectivity index (χ1n) is 9.90. The van der Waals surface area contributed by atoms with Gasteiger partial charge in [-0.25, -0.2) is 0 Å². The lowest BCUT2D eigenvalue weighted by Crippen LogP contribution is -2.39. The minimum atomic E-state index is 0.0636. The SMILES string of the molecule is Cc1cccc(Cc2cccc([C@H]3CCCN(C(=O)c4cccnc4)C3)n2)c1. The minimum Gasteiger partial charge on any atom is -0.338 e. The number of likely N-dealkylation sites (tertiary alicyclic amines) is 1. The fourth-order valence-electron chi connectivity index (χ4n) is 3.93. The highest BCUT2D eigenvalue weighted by Gasteiger charge is 2.26. The molecule has 4 heteroatoms. The molecule has 0 saturated carbocycles. The third kappa shape index (κ3) is 4.28. The van der Waals surface area contributed by atoms with Gasteiger partial charge in [0.25, 0.3) is 5.91 Å². The lowest BCUT2D eigenvalue weighted by Gasteiger charge is -2.32. The van der Waals surface area contributed by atoms with Crippen LogP contribution in [-0.2, 0) is 6.42 Å². The van der Waals surface area contributed by atoms with Crippen LogP contribution in [0.25, 0.3) is 0 Å². The second kappa shape index (κ2) is 8.34. The van der Waals surface area contributed by atoms with Gasteiger partial charge in [0.2, 0.25) is 0 Å². The van der Waals surface area contributed by atoms with Crippen LogP contribution in [0.15, 0.2) is 67.0 Å². The van der Waals surface area contributed by atoms with E-state index in [0.29, 0.717) is 12.1 Å². The number of rotatable bonds is 4. The lowest BCUT2D eigenvalue weighted by atomic mass is 9.93. The van der Waals surface area contributed by atoms with E-state index in [2.05, 4.69) is 54.4 Å². The van der Waals surface area contributed by atoms with Crippen LogP contribution < -0.4 is 0 Å². The van der Waals surface area contributed by atoms with E-state index < -0.39 is 0 Å². The fourth-order valence-corrected chi connectivity index (χ4v) is 3.93. The van der Waals surface area contributed by atoms with Gasteiger partial charge in [-0.1, -0.05) is 35.9 Å². The summed E-state index contributed by atoms with van der Waals surface area (Å²) in [4.78, 5) is 23.7. The molecule has 142 valence electrons. The van der Waals surface area contributed by atoms with Crippen LogP contribution in [0.2, 0.25) is 0 Å². The van der Waals surface area contributed by atoms with Crippen LogP contribution in [0.5, 0.6) is 0 Å². The van der Waals surface area contributed by atoms with Gasteiger partial charge >= 0.3 is 0 Å². The summed E-state index contributed by atoms with van der Waals surface area (Å²) in [7, 11) is 0. The molecule has 0 radical (unpaired) electrons. The quantitative estimate of drug-likeness (QED) is 0.683. The molecule has 28 heavy (non-hydrogen) atoms. The third-order valence-corrected chi connectivity index (χ3v) is 5.33. The third-order valence-electron chi connectivity index (χ3n) is 5.33. The Bertz CT molecular complexity index is 955. The highest BCUT2D eigenvalue weighted by atomic mass is 16.2. The van der Waals surface area contributed by atoms with Crippen LogP contribution >= 0.6 is 0 Å². The Morgan fingerprint density at radius 3 is 2.86 bits per heavy atom. The number of piperidine rings is 1. The van der Waals surface area contributed by atoms with Crippen LogP contribution in [0.4, 0.5) is 0 Å². The van der Waals surface area contributed by atoms with Crippen molar-refractivity contribution in [3.05, 3.63) is 95.1 Å². The molecule has 0 bridgehead atoms. The summed E-state index contributed by atoms with van der Waals surface area (Å²) in [6, 6.07) is 18.5. The first-order chi connectivity index (χ1) is 13.7. The maximum atomic E-state index is 12.8. The Balaban J connectivity index is 1.48. The van der Waals surface area contributed by atoms with Gasteiger partial charge in [-0.2, -0.15) is 0 Å². The van der Waals surface area contributed by atoms with E-state index in [0.717, 1.165) is 37.2 Å². The Kier molecular flexibility index (Phi) is 5.47. The molecule has 4 rings (SSSR count). The van der Waals surface area contributed by atoms with E-state index in [-0.39, 0.29) is 11.8 Å². The molecule has 1 aliphatic rings. The molecule has 0 N–H and O–H groups in total. The van der Waals surface area contributed by atoms with Crippen molar-refractivity contribution in [3.63, 3.8) is 0 Å². The number of aromatic nitrogens is 2. The van der Waals surface area contributed by atoms with E-state index in [9.17, 15) is 4.79 Å². The van der Waals surface area contributed by atoms with Gasteiger partial charge in [0.05, 0.1) is 5.56 Å².